The quantitative estimate of drug-likeness (QED) is 0.877. The Morgan fingerprint density at radius 2 is 2.05 bits per heavy atom. The molecule has 0 bridgehead atoms. The van der Waals surface area contributed by atoms with Crippen molar-refractivity contribution in [3.63, 3.8) is 0 Å². The first kappa shape index (κ1) is 15.6. The van der Waals surface area contributed by atoms with Gasteiger partial charge in [0.2, 0.25) is 5.91 Å². The van der Waals surface area contributed by atoms with E-state index in [4.69, 9.17) is 5.11 Å². The Bertz CT molecular complexity index is 556. The van der Waals surface area contributed by atoms with E-state index in [0.717, 1.165) is 6.07 Å². The van der Waals surface area contributed by atoms with Gasteiger partial charge in [0, 0.05) is 18.8 Å². The Labute approximate surface area is 120 Å². The number of anilines is 1. The molecular formula is C14H17F3N2O2. The second-order valence-electron chi connectivity index (χ2n) is 5.47. The van der Waals surface area contributed by atoms with E-state index in [2.05, 4.69) is 5.32 Å². The molecule has 1 fully saturated rings. The molecule has 1 heterocycles. The molecule has 1 saturated heterocycles. The van der Waals surface area contributed by atoms with Crippen molar-refractivity contribution in [3.05, 3.63) is 29.3 Å². The molecule has 1 aromatic rings. The van der Waals surface area contributed by atoms with E-state index >= 15 is 0 Å². The molecule has 2 N–H and O–H groups in total. The van der Waals surface area contributed by atoms with Gasteiger partial charge in [-0.1, -0.05) is 6.07 Å². The van der Waals surface area contributed by atoms with Crippen molar-refractivity contribution in [2.75, 3.05) is 18.0 Å². The average Bonchev–Trinajstić information content (AvgIpc) is 2.40. The predicted molar refractivity (Wildman–Crippen MR) is 71.8 cm³/mol. The first-order chi connectivity index (χ1) is 9.67. The summed E-state index contributed by atoms with van der Waals surface area (Å²) in [6, 6.07) is 3.68. The second kappa shape index (κ2) is 5.22. The van der Waals surface area contributed by atoms with Crippen molar-refractivity contribution in [2.45, 2.75) is 32.2 Å². The minimum atomic E-state index is -4.55. The third kappa shape index (κ3) is 2.83. The van der Waals surface area contributed by atoms with Gasteiger partial charge in [-0.25, -0.2) is 0 Å². The highest BCUT2D eigenvalue weighted by Gasteiger charge is 2.42. The van der Waals surface area contributed by atoms with E-state index < -0.39 is 23.9 Å². The van der Waals surface area contributed by atoms with Crippen LogP contribution in [0.3, 0.4) is 0 Å². The number of hydrogen-bond donors (Lipinski definition) is 2. The molecule has 1 aliphatic rings. The lowest BCUT2D eigenvalue weighted by atomic mass is 9.96. The van der Waals surface area contributed by atoms with E-state index in [1.165, 1.54) is 17.0 Å². The summed E-state index contributed by atoms with van der Waals surface area (Å²) in [6.45, 7) is 3.29. The minimum absolute atomic E-state index is 0.0421. The molecule has 0 spiro atoms. The number of nitrogens with zero attached hydrogens (tertiary/aromatic N) is 1. The van der Waals surface area contributed by atoms with Gasteiger partial charge in [0.05, 0.1) is 12.2 Å². The number of alkyl halides is 3. The average molecular weight is 302 g/mol. The summed E-state index contributed by atoms with van der Waals surface area (Å²) in [5.41, 5.74) is -1.76. The number of carbonyl (C=O) groups is 1. The Morgan fingerprint density at radius 3 is 2.62 bits per heavy atom. The summed E-state index contributed by atoms with van der Waals surface area (Å²) in [5.74, 6) is -0.312. The van der Waals surface area contributed by atoms with Gasteiger partial charge in [-0.2, -0.15) is 13.2 Å². The van der Waals surface area contributed by atoms with Crippen LogP contribution in [-0.2, 0) is 17.6 Å². The summed E-state index contributed by atoms with van der Waals surface area (Å²) in [5, 5.41) is 11.7. The fourth-order valence-electron chi connectivity index (χ4n) is 2.47. The van der Waals surface area contributed by atoms with E-state index in [0.29, 0.717) is 13.1 Å². The van der Waals surface area contributed by atoms with Gasteiger partial charge in [0.25, 0.3) is 0 Å². The van der Waals surface area contributed by atoms with Crippen LogP contribution in [0.15, 0.2) is 18.2 Å². The molecule has 0 unspecified atom stereocenters. The third-order valence-corrected chi connectivity index (χ3v) is 3.69. The minimum Gasteiger partial charge on any atom is -0.392 e. The number of carbonyl (C=O) groups excluding carboxylic acids is 1. The van der Waals surface area contributed by atoms with Crippen LogP contribution >= 0.6 is 0 Å². The topological polar surface area (TPSA) is 52.6 Å². The van der Waals surface area contributed by atoms with Gasteiger partial charge in [0.1, 0.15) is 5.54 Å². The van der Waals surface area contributed by atoms with Crippen molar-refractivity contribution < 1.29 is 23.1 Å². The van der Waals surface area contributed by atoms with Crippen LogP contribution in [0.4, 0.5) is 18.9 Å². The monoisotopic (exact) mass is 302 g/mol. The highest BCUT2D eigenvalue weighted by atomic mass is 19.4. The fraction of sp³-hybridized carbons (Fsp3) is 0.500. The molecule has 0 atom stereocenters. The van der Waals surface area contributed by atoms with Crippen LogP contribution in [0.25, 0.3) is 0 Å². The Hall–Kier alpha value is -1.76. The summed E-state index contributed by atoms with van der Waals surface area (Å²) in [4.78, 5) is 13.4. The van der Waals surface area contributed by atoms with Crippen LogP contribution in [0.5, 0.6) is 0 Å². The lowest BCUT2D eigenvalue weighted by Crippen LogP contribution is -2.62. The Balaban J connectivity index is 2.55. The number of benzene rings is 1. The summed E-state index contributed by atoms with van der Waals surface area (Å²) in [7, 11) is 0. The van der Waals surface area contributed by atoms with Crippen molar-refractivity contribution >= 4 is 11.6 Å². The molecule has 0 aromatic heterocycles. The number of aliphatic hydroxyl groups is 1. The van der Waals surface area contributed by atoms with Crippen LogP contribution in [0.2, 0.25) is 0 Å². The van der Waals surface area contributed by atoms with Gasteiger partial charge >= 0.3 is 6.18 Å². The van der Waals surface area contributed by atoms with Gasteiger partial charge in [0.15, 0.2) is 0 Å². The number of halogens is 3. The number of nitrogens with one attached hydrogen (secondary N) is 1. The summed E-state index contributed by atoms with van der Waals surface area (Å²) >= 11 is 0. The molecule has 7 heteroatoms. The molecule has 0 saturated carbocycles. The molecule has 21 heavy (non-hydrogen) atoms. The zero-order chi connectivity index (χ0) is 15.8. The lowest BCUT2D eigenvalue weighted by Gasteiger charge is -2.43. The van der Waals surface area contributed by atoms with Gasteiger partial charge in [-0.05, 0) is 31.5 Å². The highest BCUT2D eigenvalue weighted by Crippen LogP contribution is 2.39. The van der Waals surface area contributed by atoms with Crippen molar-refractivity contribution in [2.24, 2.45) is 0 Å². The summed E-state index contributed by atoms with van der Waals surface area (Å²) < 4.78 is 39.8. The third-order valence-electron chi connectivity index (χ3n) is 3.69. The Morgan fingerprint density at radius 1 is 1.38 bits per heavy atom. The smallest absolute Gasteiger partial charge is 0.392 e. The molecular weight excluding hydrogens is 285 g/mol. The molecule has 0 radical (unpaired) electrons. The van der Waals surface area contributed by atoms with Crippen LogP contribution in [0.1, 0.15) is 25.0 Å². The van der Waals surface area contributed by atoms with Crippen molar-refractivity contribution in [1.29, 1.82) is 0 Å². The van der Waals surface area contributed by atoms with E-state index in [9.17, 15) is 18.0 Å². The lowest BCUT2D eigenvalue weighted by molar-refractivity contribution is -0.137. The zero-order valence-electron chi connectivity index (χ0n) is 11.8. The first-order valence-corrected chi connectivity index (χ1v) is 6.55. The molecule has 1 amide bonds. The number of amides is 1. The second-order valence-corrected chi connectivity index (χ2v) is 5.47. The standard InChI is InChI=1S/C14H17F3N2O2/c1-13(2)12(21)18-5-6-19(13)11-4-3-9(8-20)7-10(11)14(15,16)17/h3-4,7,20H,5-6,8H2,1-2H3,(H,18,21). The van der Waals surface area contributed by atoms with Crippen LogP contribution in [0, 0.1) is 0 Å². The van der Waals surface area contributed by atoms with E-state index in [-0.39, 0.29) is 17.2 Å². The van der Waals surface area contributed by atoms with Gasteiger partial charge in [-0.3, -0.25) is 4.79 Å². The van der Waals surface area contributed by atoms with Gasteiger partial charge in [-0.15, -0.1) is 0 Å². The zero-order valence-corrected chi connectivity index (χ0v) is 11.8. The molecule has 2 rings (SSSR count). The molecule has 1 aliphatic heterocycles. The Kier molecular flexibility index (Phi) is 3.88. The number of aliphatic hydroxyl groups excluding tert-OH is 1. The van der Waals surface area contributed by atoms with Crippen molar-refractivity contribution in [1.82, 2.24) is 5.32 Å². The fourth-order valence-corrected chi connectivity index (χ4v) is 2.47. The number of piperazine rings is 1. The molecule has 1 aromatic carbocycles. The predicted octanol–water partition coefficient (Wildman–Crippen LogP) is 1.91. The number of hydrogen-bond acceptors (Lipinski definition) is 3. The first-order valence-electron chi connectivity index (χ1n) is 6.55. The molecule has 4 nitrogen and oxygen atoms in total. The maximum absolute atomic E-state index is 13.3. The van der Waals surface area contributed by atoms with E-state index in [1.54, 1.807) is 13.8 Å². The maximum Gasteiger partial charge on any atom is 0.418 e. The normalized spacial score (nSPS) is 18.6. The molecule has 0 aliphatic carbocycles. The van der Waals surface area contributed by atoms with Crippen LogP contribution in [-0.4, -0.2) is 29.6 Å². The molecule has 116 valence electrons. The van der Waals surface area contributed by atoms with E-state index in [1.807, 2.05) is 0 Å². The summed E-state index contributed by atoms with van der Waals surface area (Å²) in [6.07, 6.45) is -4.55. The SMILES string of the molecule is CC1(C)C(=O)NCCN1c1ccc(CO)cc1C(F)(F)F. The highest BCUT2D eigenvalue weighted by molar-refractivity contribution is 5.90. The maximum atomic E-state index is 13.3. The van der Waals surface area contributed by atoms with Crippen LogP contribution < -0.4 is 10.2 Å². The van der Waals surface area contributed by atoms with Crippen molar-refractivity contribution in [3.8, 4) is 0 Å². The van der Waals surface area contributed by atoms with Gasteiger partial charge < -0.3 is 15.3 Å². The largest absolute Gasteiger partial charge is 0.418 e. The number of rotatable bonds is 2.